The zero-order valence-corrected chi connectivity index (χ0v) is 45.0. The van der Waals surface area contributed by atoms with Crippen molar-refractivity contribution in [1.29, 1.82) is 0 Å². The van der Waals surface area contributed by atoms with Crippen molar-refractivity contribution in [3.05, 3.63) is 119 Å². The molecule has 3 aromatic rings. The Labute approximate surface area is 452 Å². The van der Waals surface area contributed by atoms with Crippen molar-refractivity contribution in [2.45, 2.75) is 134 Å². The van der Waals surface area contributed by atoms with Gasteiger partial charge in [0.25, 0.3) is 0 Å². The minimum atomic E-state index is -2.47. The number of nitrogens with one attached hydrogen (secondary N) is 2. The second kappa shape index (κ2) is 24.1. The van der Waals surface area contributed by atoms with E-state index in [1.807, 2.05) is 30.3 Å². The third-order valence-corrected chi connectivity index (χ3v) is 15.1. The van der Waals surface area contributed by atoms with Gasteiger partial charge < -0.3 is 68.6 Å². The van der Waals surface area contributed by atoms with Crippen LogP contribution in [-0.4, -0.2) is 150 Å². The fraction of sp³-hybridized carbons (Fsp3) is 0.526. The van der Waals surface area contributed by atoms with Gasteiger partial charge in [0.2, 0.25) is 6.10 Å². The number of carbonyl (C=O) groups excluding carboxylic acids is 7. The van der Waals surface area contributed by atoms with Crippen molar-refractivity contribution >= 4 is 41.8 Å². The number of hydrogen-bond acceptors (Lipinski definition) is 19. The molecule has 0 radical (unpaired) electrons. The molecule has 3 aliphatic carbocycles. The van der Waals surface area contributed by atoms with Crippen LogP contribution in [0.1, 0.15) is 95.8 Å². The molecule has 0 unspecified atom stereocenters. The summed E-state index contributed by atoms with van der Waals surface area (Å²) in [6.07, 6.45) is -12.8. The monoisotopic (exact) mass is 1090 g/mol. The molecule has 1 aliphatic heterocycles. The van der Waals surface area contributed by atoms with E-state index in [2.05, 4.69) is 10.6 Å². The maximum absolute atomic E-state index is 15.3. The zero-order valence-electron chi connectivity index (χ0n) is 45.0. The summed E-state index contributed by atoms with van der Waals surface area (Å²) in [4.78, 5) is 97.3. The highest BCUT2D eigenvalue weighted by Gasteiger charge is 2.78. The highest BCUT2D eigenvalue weighted by atomic mass is 16.6. The van der Waals surface area contributed by atoms with Gasteiger partial charge in [-0.15, -0.1) is 0 Å². The Morgan fingerprint density at radius 3 is 2.08 bits per heavy atom. The minimum absolute atomic E-state index is 0.0220. The summed E-state index contributed by atoms with van der Waals surface area (Å²) in [5.41, 5.74) is -8.05. The number of aliphatic hydroxyl groups excluding tert-OH is 2. The highest BCUT2D eigenvalue weighted by Crippen LogP contribution is 2.64. The van der Waals surface area contributed by atoms with Gasteiger partial charge in [-0.1, -0.05) is 92.7 Å². The molecular formula is C57H70N2O19. The first-order valence-electron chi connectivity index (χ1n) is 25.8. The molecule has 7 rings (SSSR count). The summed E-state index contributed by atoms with van der Waals surface area (Å²) in [7, 11) is 0. The molecule has 5 N–H and O–H groups in total. The predicted molar refractivity (Wildman–Crippen MR) is 274 cm³/mol. The van der Waals surface area contributed by atoms with E-state index < -0.39 is 131 Å². The second-order valence-electron chi connectivity index (χ2n) is 21.7. The second-order valence-corrected chi connectivity index (χ2v) is 21.7. The topological polar surface area (TPSA) is 287 Å². The van der Waals surface area contributed by atoms with Crippen molar-refractivity contribution in [2.75, 3.05) is 39.6 Å². The first-order chi connectivity index (χ1) is 36.8. The summed E-state index contributed by atoms with van der Waals surface area (Å²) >= 11 is 0. The normalized spacial score (nSPS) is 27.8. The standard InChI is InChI=1S/C57H70N2O19/c1-33-38(29-57(69)48(76-49(65)37-22-16-11-17-23-37)46-55(8,47(64)44(63)42(33)54(57,6)7)39(61)28-40-56(46,32-73-40)77-34(2)60)74-50(66)45(43(36-20-14-10-15-21-36)59-52(68)78-53(3,4)5)75-41(62)31-71-27-26-70-25-24-58-51(67)72-30-35-18-12-9-13-19-35/h9-23,38-40,43-46,48,61,63,69H,24-32H2,1-8H3,(H,58,67)(H,59,68)/t38-,39-,40+,43-,44+,45+,46-,48-,55+,56-,57+/m0/s1. The minimum Gasteiger partial charge on any atom is -0.455 e. The number of ketones is 1. The first-order valence-corrected chi connectivity index (χ1v) is 25.8. The van der Waals surface area contributed by atoms with Crippen LogP contribution >= 0.6 is 0 Å². The predicted octanol–water partition coefficient (Wildman–Crippen LogP) is 4.77. The molecule has 3 aromatic carbocycles. The average molecular weight is 1090 g/mol. The lowest BCUT2D eigenvalue weighted by atomic mass is 9.44. The third-order valence-electron chi connectivity index (χ3n) is 15.1. The summed E-state index contributed by atoms with van der Waals surface area (Å²) in [6.45, 7) is 10.9. The van der Waals surface area contributed by atoms with E-state index >= 15 is 9.59 Å². The molecule has 1 heterocycles. The molecule has 78 heavy (non-hydrogen) atoms. The number of alkyl carbamates (subject to hydrolysis) is 2. The molecule has 2 bridgehead atoms. The molecule has 21 nitrogen and oxygen atoms in total. The summed E-state index contributed by atoms with van der Waals surface area (Å²) in [6, 6.07) is 23.4. The number of amides is 2. The summed E-state index contributed by atoms with van der Waals surface area (Å²) < 4.78 is 52.3. The Balaban J connectivity index is 1.19. The van der Waals surface area contributed by atoms with Gasteiger partial charge in [0.1, 0.15) is 54.9 Å². The molecule has 0 spiro atoms. The van der Waals surface area contributed by atoms with E-state index in [0.29, 0.717) is 0 Å². The van der Waals surface area contributed by atoms with E-state index in [0.717, 1.165) is 12.5 Å². The average Bonchev–Trinajstić information content (AvgIpc) is 1.56. The molecule has 0 aromatic heterocycles. The quantitative estimate of drug-likeness (QED) is 0.0468. The van der Waals surface area contributed by atoms with Gasteiger partial charge in [-0.2, -0.15) is 0 Å². The molecule has 2 saturated carbocycles. The molecule has 2 amide bonds. The van der Waals surface area contributed by atoms with Crippen LogP contribution < -0.4 is 10.6 Å². The molecular weight excluding hydrogens is 1020 g/mol. The van der Waals surface area contributed by atoms with Crippen molar-refractivity contribution in [1.82, 2.24) is 10.6 Å². The van der Waals surface area contributed by atoms with Crippen LogP contribution in [0, 0.1) is 16.7 Å². The van der Waals surface area contributed by atoms with E-state index in [-0.39, 0.29) is 68.3 Å². The molecule has 21 heteroatoms. The zero-order chi connectivity index (χ0) is 56.8. The first kappa shape index (κ1) is 58.9. The number of carbonyl (C=O) groups is 7. The number of rotatable bonds is 19. The summed E-state index contributed by atoms with van der Waals surface area (Å²) in [5, 5.41) is 43.5. The molecule has 3 fully saturated rings. The third kappa shape index (κ3) is 12.4. The SMILES string of the molecule is CC(=O)O[C@@]12CO[C@@H]1C[C@H](O)[C@@]1(C)C(=O)[C@H](O)C3=C(C)[C@@H](OC(=O)[C@H](OC(=O)COCCOCCNC(=O)OCc4ccccc4)[C@@H](NC(=O)OC(C)(C)C)c4ccccc4)C[C@@](O)([C@@H](OC(=O)c4ccccc4)[C@H]21)C3(C)C. The van der Waals surface area contributed by atoms with Gasteiger partial charge in [0.05, 0.1) is 49.4 Å². The van der Waals surface area contributed by atoms with Crippen LogP contribution in [0.15, 0.2) is 102 Å². The van der Waals surface area contributed by atoms with Crippen LogP contribution in [0.2, 0.25) is 0 Å². The number of esters is 4. The van der Waals surface area contributed by atoms with Crippen molar-refractivity contribution < 1.29 is 91.5 Å². The van der Waals surface area contributed by atoms with Gasteiger partial charge in [-0.05, 0) is 69.0 Å². The fourth-order valence-electron chi connectivity index (χ4n) is 11.2. The van der Waals surface area contributed by atoms with Crippen molar-refractivity contribution in [3.63, 3.8) is 0 Å². The summed E-state index contributed by atoms with van der Waals surface area (Å²) in [5.74, 6) is -6.71. The van der Waals surface area contributed by atoms with Crippen LogP contribution in [0.3, 0.4) is 0 Å². The lowest BCUT2D eigenvalue weighted by molar-refractivity contribution is -0.346. The Hall–Kier alpha value is -6.75. The van der Waals surface area contributed by atoms with Gasteiger partial charge in [0.15, 0.2) is 11.4 Å². The van der Waals surface area contributed by atoms with Crippen LogP contribution in [0.5, 0.6) is 0 Å². The number of aliphatic hydroxyl groups is 3. The molecule has 422 valence electrons. The maximum Gasteiger partial charge on any atom is 0.408 e. The highest BCUT2D eigenvalue weighted by molar-refractivity contribution is 5.94. The Kier molecular flexibility index (Phi) is 18.2. The maximum atomic E-state index is 15.3. The number of ether oxygens (including phenoxy) is 9. The largest absolute Gasteiger partial charge is 0.455 e. The van der Waals surface area contributed by atoms with Crippen LogP contribution in [-0.2, 0) is 68.4 Å². The fourth-order valence-corrected chi connectivity index (χ4v) is 11.2. The molecule has 4 aliphatic rings. The number of fused-ring (bicyclic) bond motifs is 5. The molecule has 11 atom stereocenters. The van der Waals surface area contributed by atoms with Crippen molar-refractivity contribution in [3.8, 4) is 0 Å². The Morgan fingerprint density at radius 2 is 1.46 bits per heavy atom. The lowest BCUT2D eigenvalue weighted by Crippen LogP contribution is -2.81. The Morgan fingerprint density at radius 1 is 0.833 bits per heavy atom. The van der Waals surface area contributed by atoms with Gasteiger partial charge in [0, 0.05) is 31.7 Å². The number of Topliss-reactive ketones (excluding diaryl/α,β-unsaturated/α-hetero) is 1. The van der Waals surface area contributed by atoms with E-state index in [9.17, 15) is 39.3 Å². The lowest BCUT2D eigenvalue weighted by Gasteiger charge is -2.67. The van der Waals surface area contributed by atoms with Crippen LogP contribution in [0.25, 0.3) is 0 Å². The molecule has 1 saturated heterocycles. The van der Waals surface area contributed by atoms with Crippen LogP contribution in [0.4, 0.5) is 9.59 Å². The van der Waals surface area contributed by atoms with Gasteiger partial charge in [-0.3, -0.25) is 9.59 Å². The number of hydrogen-bond donors (Lipinski definition) is 5. The Bertz CT molecular complexity index is 2690. The number of benzene rings is 3. The van der Waals surface area contributed by atoms with Gasteiger partial charge in [-0.25, -0.2) is 24.0 Å². The smallest absolute Gasteiger partial charge is 0.408 e. The van der Waals surface area contributed by atoms with Gasteiger partial charge >= 0.3 is 36.1 Å². The van der Waals surface area contributed by atoms with E-state index in [4.69, 9.17) is 42.6 Å². The van der Waals surface area contributed by atoms with Crippen molar-refractivity contribution in [2.24, 2.45) is 16.7 Å². The van der Waals surface area contributed by atoms with E-state index in [1.54, 1.807) is 69.3 Å². The van der Waals surface area contributed by atoms with E-state index in [1.165, 1.54) is 39.8 Å².